The zero-order chi connectivity index (χ0) is 31.2. The quantitative estimate of drug-likeness (QED) is 0.454. The normalized spacial score (nSPS) is 28.6. The van der Waals surface area contributed by atoms with Crippen molar-refractivity contribution in [3.8, 4) is 5.75 Å². The largest absolute Gasteiger partial charge is 0.491 e. The highest BCUT2D eigenvalue weighted by Gasteiger charge is 2.58. The number of benzene rings is 1. The Bertz CT molecular complexity index is 1390. The molecule has 0 bridgehead atoms. The maximum absolute atomic E-state index is 14.1. The number of guanidine groups is 1. The van der Waals surface area contributed by atoms with Gasteiger partial charge in [0.2, 0.25) is 5.96 Å². The lowest BCUT2D eigenvalue weighted by Gasteiger charge is -2.40. The molecule has 3 N–H and O–H groups in total. The molecule has 1 aromatic carbocycles. The molecule has 5 aliphatic heterocycles. The number of hydrogen-bond acceptors (Lipinski definition) is 8. The Kier molecular flexibility index (Phi) is 8.18. The number of aliphatic imine (C=N–C) groups is 2. The third-order valence-electron chi connectivity index (χ3n) is 10.4. The van der Waals surface area contributed by atoms with Gasteiger partial charge in [-0.05, 0) is 50.7 Å². The van der Waals surface area contributed by atoms with Crippen LogP contribution in [0.2, 0.25) is 0 Å². The van der Waals surface area contributed by atoms with Crippen LogP contribution in [0.25, 0.3) is 0 Å². The predicted molar refractivity (Wildman–Crippen MR) is 165 cm³/mol. The number of anilines is 1. The number of amidine groups is 1. The van der Waals surface area contributed by atoms with E-state index in [0.717, 1.165) is 76.6 Å². The number of nitrogens with zero attached hydrogens (tertiary/aromatic N) is 4. The molecule has 2 atom stereocenters. The zero-order valence-corrected chi connectivity index (χ0v) is 25.7. The van der Waals surface area contributed by atoms with Crippen LogP contribution in [0.15, 0.2) is 33.9 Å². The van der Waals surface area contributed by atoms with Gasteiger partial charge in [0.05, 0.1) is 36.5 Å². The molecule has 1 amide bonds. The van der Waals surface area contributed by atoms with Gasteiger partial charge in [-0.3, -0.25) is 14.7 Å². The summed E-state index contributed by atoms with van der Waals surface area (Å²) in [6.07, 6.45) is 2.44. The zero-order valence-electron chi connectivity index (χ0n) is 25.7. The highest BCUT2D eigenvalue weighted by molar-refractivity contribution is 6.12. The minimum atomic E-state index is -4.53. The molecule has 0 radical (unpaired) electrons. The summed E-state index contributed by atoms with van der Waals surface area (Å²) in [7, 11) is 0. The van der Waals surface area contributed by atoms with Crippen LogP contribution in [0.4, 0.5) is 18.9 Å². The fraction of sp³-hybridized carbons (Fsp3) is 0.656. The molecule has 3 fully saturated rings. The maximum atomic E-state index is 14.1. The maximum Gasteiger partial charge on any atom is 0.415 e. The summed E-state index contributed by atoms with van der Waals surface area (Å²) in [5.41, 5.74) is -0.0824. The number of ether oxygens (including phenoxy) is 2. The van der Waals surface area contributed by atoms with Crippen LogP contribution in [0, 0.1) is 11.3 Å². The number of halogens is 3. The highest BCUT2D eigenvalue weighted by Crippen LogP contribution is 2.47. The first-order chi connectivity index (χ1) is 21.7. The summed E-state index contributed by atoms with van der Waals surface area (Å²) < 4.78 is 53.9. The van der Waals surface area contributed by atoms with Crippen LogP contribution in [-0.4, -0.2) is 98.4 Å². The van der Waals surface area contributed by atoms with E-state index in [9.17, 15) is 18.0 Å². The van der Waals surface area contributed by atoms with Crippen molar-refractivity contribution in [2.24, 2.45) is 21.3 Å². The molecule has 10 nitrogen and oxygen atoms in total. The van der Waals surface area contributed by atoms with Gasteiger partial charge in [0.1, 0.15) is 17.8 Å². The molecule has 45 heavy (non-hydrogen) atoms. The molecule has 0 aromatic heterocycles. The van der Waals surface area contributed by atoms with Gasteiger partial charge in [-0.1, -0.05) is 12.8 Å². The molecule has 5 heterocycles. The number of amides is 1. The molecule has 1 aromatic rings. The summed E-state index contributed by atoms with van der Waals surface area (Å²) in [6, 6.07) is 4.10. The lowest BCUT2D eigenvalue weighted by atomic mass is 9.79. The average Bonchev–Trinajstić information content (AvgIpc) is 3.81. The molecule has 7 rings (SSSR count). The fourth-order valence-electron chi connectivity index (χ4n) is 7.78. The Morgan fingerprint density at radius 2 is 1.87 bits per heavy atom. The molecule has 1 saturated carbocycles. The first-order valence-electron chi connectivity index (χ1n) is 16.3. The highest BCUT2D eigenvalue weighted by atomic mass is 19.4. The van der Waals surface area contributed by atoms with Crippen LogP contribution >= 0.6 is 0 Å². The van der Waals surface area contributed by atoms with Gasteiger partial charge >= 0.3 is 6.18 Å². The number of piperidine rings is 1. The molecule has 13 heteroatoms. The van der Waals surface area contributed by atoms with Crippen LogP contribution in [0.5, 0.6) is 5.75 Å². The van der Waals surface area contributed by atoms with E-state index in [2.05, 4.69) is 25.8 Å². The van der Waals surface area contributed by atoms with E-state index in [4.69, 9.17) is 14.5 Å². The molecule has 244 valence electrons. The number of rotatable bonds is 5. The van der Waals surface area contributed by atoms with Crippen molar-refractivity contribution in [3.05, 3.63) is 35.0 Å². The fourth-order valence-corrected chi connectivity index (χ4v) is 7.78. The van der Waals surface area contributed by atoms with E-state index in [1.807, 2.05) is 11.0 Å². The van der Waals surface area contributed by atoms with Gasteiger partial charge < -0.3 is 30.3 Å². The Morgan fingerprint density at radius 1 is 1.11 bits per heavy atom. The standard InChI is InChI=1S/C32H42F3N7O3/c1-31-25(32(33,34)35)19-37-29(31)40-30(39-28(31)36-18-20-4-2-3-5-20)38-24-7-6-23(22-10-15-45-26(22)24)27(43)42-11-8-21(9-12-42)41-13-16-44-17-14-41/h6-7,19-21,29,37H,2-5,8-18H2,1H3,(H2,36,38,39,40). The van der Waals surface area contributed by atoms with Gasteiger partial charge in [0.25, 0.3) is 5.91 Å². The number of morpholine rings is 1. The molecule has 6 aliphatic rings. The van der Waals surface area contributed by atoms with Crippen molar-refractivity contribution in [3.63, 3.8) is 0 Å². The number of likely N-dealkylation sites (tertiary alicyclic amines) is 1. The molecule has 2 saturated heterocycles. The summed E-state index contributed by atoms with van der Waals surface area (Å²) in [5, 5.41) is 9.22. The second-order valence-electron chi connectivity index (χ2n) is 13.1. The molecule has 0 spiro atoms. The van der Waals surface area contributed by atoms with Gasteiger partial charge in [-0.2, -0.15) is 13.2 Å². The number of carbonyl (C=O) groups excluding carboxylic acids is 1. The van der Waals surface area contributed by atoms with Gasteiger partial charge in [0, 0.05) is 62.5 Å². The summed E-state index contributed by atoms with van der Waals surface area (Å²) in [5.74, 6) is 1.50. The minimum absolute atomic E-state index is 0.00914. The Hall–Kier alpha value is -3.32. The minimum Gasteiger partial charge on any atom is -0.491 e. The van der Waals surface area contributed by atoms with E-state index in [-0.39, 0.29) is 17.7 Å². The molecular formula is C32H42F3N7O3. The Labute approximate surface area is 261 Å². The second-order valence-corrected chi connectivity index (χ2v) is 13.1. The first-order valence-corrected chi connectivity index (χ1v) is 16.3. The van der Waals surface area contributed by atoms with Crippen LogP contribution < -0.4 is 20.7 Å². The summed E-state index contributed by atoms with van der Waals surface area (Å²) >= 11 is 0. The number of alkyl halides is 3. The van der Waals surface area contributed by atoms with E-state index >= 15 is 0 Å². The summed E-state index contributed by atoms with van der Waals surface area (Å²) in [6.45, 7) is 7.31. The van der Waals surface area contributed by atoms with Crippen molar-refractivity contribution >= 4 is 23.4 Å². The molecule has 2 unspecified atom stereocenters. The number of hydrogen-bond donors (Lipinski definition) is 3. The number of carbonyl (C=O) groups is 1. The van der Waals surface area contributed by atoms with Crippen LogP contribution in [-0.2, 0) is 11.2 Å². The van der Waals surface area contributed by atoms with E-state index < -0.39 is 23.3 Å². The second kappa shape index (κ2) is 12.1. The van der Waals surface area contributed by atoms with Gasteiger partial charge in [-0.25, -0.2) is 4.99 Å². The van der Waals surface area contributed by atoms with Crippen molar-refractivity contribution < 1.29 is 27.4 Å². The Balaban J connectivity index is 1.09. The number of nitrogens with one attached hydrogen (secondary N) is 3. The van der Waals surface area contributed by atoms with Crippen molar-refractivity contribution in [2.75, 3.05) is 57.9 Å². The van der Waals surface area contributed by atoms with E-state index in [0.29, 0.717) is 61.6 Å². The lowest BCUT2D eigenvalue weighted by molar-refractivity contribution is -0.101. The Morgan fingerprint density at radius 3 is 2.60 bits per heavy atom. The van der Waals surface area contributed by atoms with Crippen molar-refractivity contribution in [1.29, 1.82) is 0 Å². The van der Waals surface area contributed by atoms with Crippen LogP contribution in [0.1, 0.15) is 61.4 Å². The monoisotopic (exact) mass is 629 g/mol. The summed E-state index contributed by atoms with van der Waals surface area (Å²) in [4.78, 5) is 27.5. The molecular weight excluding hydrogens is 587 g/mol. The topological polar surface area (TPSA) is 103 Å². The van der Waals surface area contributed by atoms with Gasteiger partial charge in [-0.15, -0.1) is 0 Å². The van der Waals surface area contributed by atoms with Crippen molar-refractivity contribution in [2.45, 2.75) is 70.3 Å². The average molecular weight is 630 g/mol. The van der Waals surface area contributed by atoms with E-state index in [1.54, 1.807) is 13.0 Å². The van der Waals surface area contributed by atoms with Crippen LogP contribution in [0.3, 0.4) is 0 Å². The predicted octanol–water partition coefficient (Wildman–Crippen LogP) is 3.90. The van der Waals surface area contributed by atoms with Crippen molar-refractivity contribution in [1.82, 2.24) is 20.4 Å². The third-order valence-corrected chi connectivity index (χ3v) is 10.4. The number of fused-ring (bicyclic) bond motifs is 2. The van der Waals surface area contributed by atoms with Gasteiger partial charge in [0.15, 0.2) is 0 Å². The smallest absolute Gasteiger partial charge is 0.415 e. The SMILES string of the molecule is CC12C(C(F)(F)F)=CNC1N=C(Nc1ccc(C(=O)N3CCC(N4CCOCC4)CC3)c3c1OCC3)NC2=NCC1CCCC1. The lowest BCUT2D eigenvalue weighted by Crippen LogP contribution is -2.57. The third kappa shape index (κ3) is 5.77. The molecule has 1 aliphatic carbocycles. The first kappa shape index (κ1) is 30.3. The van der Waals surface area contributed by atoms with E-state index in [1.165, 1.54) is 0 Å².